The fourth-order valence-electron chi connectivity index (χ4n) is 2.67. The number of hydrogen-bond donors (Lipinski definition) is 1. The highest BCUT2D eigenvalue weighted by molar-refractivity contribution is 7.98. The number of nitrogens with zero attached hydrogens (tertiary/aromatic N) is 2. The zero-order chi connectivity index (χ0) is 18.0. The molecule has 0 atom stereocenters. The molecule has 3 rings (SSSR count). The molecule has 1 aromatic carbocycles. The molecule has 2 heterocycles. The van der Waals surface area contributed by atoms with Crippen LogP contribution in [-0.2, 0) is 12.3 Å². The van der Waals surface area contributed by atoms with E-state index in [-0.39, 0.29) is 11.3 Å². The van der Waals surface area contributed by atoms with Crippen LogP contribution < -0.4 is 11.3 Å². The maximum atomic E-state index is 11.9. The highest BCUT2D eigenvalue weighted by Gasteiger charge is 2.12. The van der Waals surface area contributed by atoms with Crippen LogP contribution in [-0.4, -0.2) is 14.8 Å². The van der Waals surface area contributed by atoms with Gasteiger partial charge in [0.2, 0.25) is 0 Å². The smallest absolute Gasteiger partial charge is 0.343 e. The minimum atomic E-state index is -0.364. The first kappa shape index (κ1) is 17.5. The Balaban J connectivity index is 1.93. The van der Waals surface area contributed by atoms with E-state index in [0.717, 1.165) is 34.9 Å². The fourth-order valence-corrected chi connectivity index (χ4v) is 3.64. The van der Waals surface area contributed by atoms with Gasteiger partial charge in [-0.3, -0.25) is 4.57 Å². The molecule has 7 heteroatoms. The molecule has 1 N–H and O–H groups in total. The number of thioether (sulfide) groups is 1. The molecule has 0 saturated heterocycles. The maximum Gasteiger partial charge on any atom is 0.343 e. The Bertz CT molecular complexity index is 1020. The minimum absolute atomic E-state index is 0.195. The molecule has 0 aliphatic carbocycles. The molecule has 0 unspecified atom stereocenters. The third kappa shape index (κ3) is 3.71. The van der Waals surface area contributed by atoms with Crippen LogP contribution in [0.4, 0.5) is 0 Å². The Kier molecular flexibility index (Phi) is 5.13. The molecule has 25 heavy (non-hydrogen) atoms. The second-order valence-corrected chi connectivity index (χ2v) is 7.07. The van der Waals surface area contributed by atoms with E-state index < -0.39 is 0 Å². The third-order valence-electron chi connectivity index (χ3n) is 4.26. The molecule has 0 fully saturated rings. The monoisotopic (exact) mass is 359 g/mol. The standard InChI is InChI=1S/C18H21N3O3S/c1-4-5-6-21-17(23)19-20-18(21)25-10-13-9-16(22)24-15-8-12(3)11(2)7-14(13)15/h7-9H,4-6,10H2,1-3H3,(H,19,23). The molecule has 0 aliphatic rings. The summed E-state index contributed by atoms with van der Waals surface area (Å²) >= 11 is 1.45. The molecule has 6 nitrogen and oxygen atoms in total. The topological polar surface area (TPSA) is 80.9 Å². The molecular formula is C18H21N3O3S. The Morgan fingerprint density at radius 3 is 2.72 bits per heavy atom. The Morgan fingerprint density at radius 2 is 1.96 bits per heavy atom. The maximum absolute atomic E-state index is 11.9. The van der Waals surface area contributed by atoms with E-state index in [1.54, 1.807) is 4.57 Å². The average Bonchev–Trinajstić information content (AvgIpc) is 2.92. The number of hydrogen-bond acceptors (Lipinski definition) is 5. The first-order valence-corrected chi connectivity index (χ1v) is 9.30. The highest BCUT2D eigenvalue weighted by Crippen LogP contribution is 2.27. The van der Waals surface area contributed by atoms with Crippen LogP contribution in [0.3, 0.4) is 0 Å². The number of aryl methyl sites for hydroxylation is 2. The summed E-state index contributed by atoms with van der Waals surface area (Å²) in [5, 5.41) is 8.18. The number of aromatic nitrogens is 3. The lowest BCUT2D eigenvalue weighted by Gasteiger charge is -2.08. The molecule has 0 saturated carbocycles. The molecule has 2 aromatic heterocycles. The van der Waals surface area contributed by atoms with Gasteiger partial charge in [0, 0.05) is 23.8 Å². The largest absolute Gasteiger partial charge is 0.423 e. The van der Waals surface area contributed by atoms with Crippen LogP contribution >= 0.6 is 11.8 Å². The SMILES string of the molecule is CCCCn1c(SCc2cc(=O)oc3cc(C)c(C)cc23)n[nH]c1=O. The normalized spacial score (nSPS) is 11.3. The van der Waals surface area contributed by atoms with Crippen LogP contribution in [0.1, 0.15) is 36.5 Å². The first-order chi connectivity index (χ1) is 12.0. The summed E-state index contributed by atoms with van der Waals surface area (Å²) in [5.74, 6) is 0.543. The van der Waals surface area contributed by atoms with Crippen molar-refractivity contribution in [3.8, 4) is 0 Å². The van der Waals surface area contributed by atoms with E-state index in [2.05, 4.69) is 17.1 Å². The first-order valence-electron chi connectivity index (χ1n) is 8.31. The van der Waals surface area contributed by atoms with E-state index in [1.807, 2.05) is 26.0 Å². The number of nitrogens with one attached hydrogen (secondary N) is 1. The summed E-state index contributed by atoms with van der Waals surface area (Å²) in [7, 11) is 0. The van der Waals surface area contributed by atoms with Crippen molar-refractivity contribution in [1.29, 1.82) is 0 Å². The number of H-pyrrole nitrogens is 1. The van der Waals surface area contributed by atoms with Gasteiger partial charge < -0.3 is 4.42 Å². The molecule has 0 radical (unpaired) electrons. The molecular weight excluding hydrogens is 338 g/mol. The van der Waals surface area contributed by atoms with E-state index in [0.29, 0.717) is 23.0 Å². The second kappa shape index (κ2) is 7.31. The van der Waals surface area contributed by atoms with Crippen molar-refractivity contribution in [3.63, 3.8) is 0 Å². The number of aromatic amines is 1. The zero-order valence-electron chi connectivity index (χ0n) is 14.6. The van der Waals surface area contributed by atoms with Crippen molar-refractivity contribution >= 4 is 22.7 Å². The van der Waals surface area contributed by atoms with Gasteiger partial charge in [-0.25, -0.2) is 14.7 Å². The Labute approximate surface area is 149 Å². The third-order valence-corrected chi connectivity index (χ3v) is 5.28. The van der Waals surface area contributed by atoms with Crippen LogP contribution in [0.5, 0.6) is 0 Å². The quantitative estimate of drug-likeness (QED) is 0.539. The van der Waals surface area contributed by atoms with Crippen molar-refractivity contribution in [2.24, 2.45) is 0 Å². The van der Waals surface area contributed by atoms with Gasteiger partial charge in [-0.05, 0) is 49.1 Å². The number of unbranched alkanes of at least 4 members (excludes halogenated alkanes) is 1. The number of rotatable bonds is 6. The van der Waals surface area contributed by atoms with E-state index in [9.17, 15) is 9.59 Å². The van der Waals surface area contributed by atoms with Gasteiger partial charge in [0.05, 0.1) is 0 Å². The van der Waals surface area contributed by atoms with Crippen LogP contribution in [0, 0.1) is 13.8 Å². The lowest BCUT2D eigenvalue weighted by atomic mass is 10.0. The van der Waals surface area contributed by atoms with Crippen molar-refractivity contribution in [2.75, 3.05) is 0 Å². The molecule has 0 spiro atoms. The van der Waals surface area contributed by atoms with Crippen LogP contribution in [0.25, 0.3) is 11.0 Å². The molecule has 132 valence electrons. The molecule has 3 aromatic rings. The molecule has 0 bridgehead atoms. The van der Waals surface area contributed by atoms with Crippen molar-refractivity contribution in [3.05, 3.63) is 55.8 Å². The molecule has 0 aliphatic heterocycles. The van der Waals surface area contributed by atoms with Gasteiger partial charge >= 0.3 is 11.3 Å². The van der Waals surface area contributed by atoms with E-state index in [4.69, 9.17) is 4.42 Å². The lowest BCUT2D eigenvalue weighted by molar-refractivity contribution is 0.559. The highest BCUT2D eigenvalue weighted by atomic mass is 32.2. The lowest BCUT2D eigenvalue weighted by Crippen LogP contribution is -2.17. The summed E-state index contributed by atoms with van der Waals surface area (Å²) in [4.78, 5) is 23.7. The van der Waals surface area contributed by atoms with Gasteiger partial charge in [-0.15, -0.1) is 5.10 Å². The summed E-state index contributed by atoms with van der Waals surface area (Å²) in [6.45, 7) is 6.75. The minimum Gasteiger partial charge on any atom is -0.423 e. The van der Waals surface area contributed by atoms with E-state index in [1.165, 1.54) is 17.8 Å². The van der Waals surface area contributed by atoms with Gasteiger partial charge in [0.15, 0.2) is 5.16 Å². The van der Waals surface area contributed by atoms with Crippen LogP contribution in [0.2, 0.25) is 0 Å². The van der Waals surface area contributed by atoms with Gasteiger partial charge in [-0.1, -0.05) is 25.1 Å². The van der Waals surface area contributed by atoms with Crippen molar-refractivity contribution in [1.82, 2.24) is 14.8 Å². The van der Waals surface area contributed by atoms with Crippen molar-refractivity contribution < 1.29 is 4.42 Å². The van der Waals surface area contributed by atoms with Gasteiger partial charge in [-0.2, -0.15) is 0 Å². The summed E-state index contributed by atoms with van der Waals surface area (Å²) in [6, 6.07) is 5.45. The predicted molar refractivity (Wildman–Crippen MR) is 99.3 cm³/mol. The Morgan fingerprint density at radius 1 is 1.20 bits per heavy atom. The second-order valence-electron chi connectivity index (χ2n) is 6.13. The van der Waals surface area contributed by atoms with Crippen LogP contribution in [0.15, 0.2) is 37.4 Å². The summed E-state index contributed by atoms with van der Waals surface area (Å²) in [5.41, 5.74) is 3.15. The van der Waals surface area contributed by atoms with Gasteiger partial charge in [0.25, 0.3) is 0 Å². The zero-order valence-corrected chi connectivity index (χ0v) is 15.4. The van der Waals surface area contributed by atoms with Crippen molar-refractivity contribution in [2.45, 2.75) is 51.1 Å². The fraction of sp³-hybridized carbons (Fsp3) is 0.389. The summed E-state index contributed by atoms with van der Waals surface area (Å²) < 4.78 is 6.98. The number of benzene rings is 1. The molecule has 0 amide bonds. The predicted octanol–water partition coefficient (Wildman–Crippen LogP) is 3.39. The number of fused-ring (bicyclic) bond motifs is 1. The Hall–Kier alpha value is -2.28. The van der Waals surface area contributed by atoms with Gasteiger partial charge in [0.1, 0.15) is 5.58 Å². The summed E-state index contributed by atoms with van der Waals surface area (Å²) in [6.07, 6.45) is 1.92. The average molecular weight is 359 g/mol. The van der Waals surface area contributed by atoms with E-state index >= 15 is 0 Å².